The zero-order chi connectivity index (χ0) is 17.1. The second-order valence-corrected chi connectivity index (χ2v) is 6.06. The van der Waals surface area contributed by atoms with E-state index in [-0.39, 0.29) is 6.04 Å². The SMILES string of the molecule is Cc1ccc(N2C(c3ccccn3)=CC=CC2c2ccccn2)cc1. The van der Waals surface area contributed by atoms with E-state index in [9.17, 15) is 0 Å². The molecule has 122 valence electrons. The van der Waals surface area contributed by atoms with Gasteiger partial charge in [0.2, 0.25) is 0 Å². The van der Waals surface area contributed by atoms with Crippen LogP contribution in [-0.2, 0) is 0 Å². The standard InChI is InChI=1S/C22H19N3/c1-17-11-13-18(14-12-17)25-21(19-7-2-4-15-23-19)9-6-10-22(25)20-8-3-5-16-24-20/h2-16,21H,1H3. The maximum absolute atomic E-state index is 4.58. The van der Waals surface area contributed by atoms with Crippen LogP contribution in [0.3, 0.4) is 0 Å². The Bertz CT molecular complexity index is 897. The second kappa shape index (κ2) is 6.73. The van der Waals surface area contributed by atoms with E-state index in [1.165, 1.54) is 5.56 Å². The zero-order valence-electron chi connectivity index (χ0n) is 14.1. The fraction of sp³-hybridized carbons (Fsp3) is 0.0909. The molecule has 0 fully saturated rings. The molecule has 0 saturated heterocycles. The highest BCUT2D eigenvalue weighted by atomic mass is 15.2. The van der Waals surface area contributed by atoms with E-state index in [0.717, 1.165) is 22.8 Å². The summed E-state index contributed by atoms with van der Waals surface area (Å²) in [5.41, 5.74) is 5.41. The average Bonchev–Trinajstić information content (AvgIpc) is 2.69. The van der Waals surface area contributed by atoms with Crippen LogP contribution < -0.4 is 4.90 Å². The molecule has 0 spiro atoms. The van der Waals surface area contributed by atoms with Gasteiger partial charge in [-0.05, 0) is 49.4 Å². The van der Waals surface area contributed by atoms with Crippen LogP contribution in [0.1, 0.15) is 23.0 Å². The number of hydrogen-bond acceptors (Lipinski definition) is 3. The normalized spacial score (nSPS) is 16.6. The zero-order valence-corrected chi connectivity index (χ0v) is 14.1. The number of benzene rings is 1. The van der Waals surface area contributed by atoms with E-state index < -0.39 is 0 Å². The lowest BCUT2D eigenvalue weighted by atomic mass is 10.0. The van der Waals surface area contributed by atoms with Crippen LogP contribution in [0.5, 0.6) is 0 Å². The highest BCUT2D eigenvalue weighted by Crippen LogP contribution is 2.37. The summed E-state index contributed by atoms with van der Waals surface area (Å²) in [7, 11) is 0. The van der Waals surface area contributed by atoms with Crippen LogP contribution in [0.4, 0.5) is 5.69 Å². The van der Waals surface area contributed by atoms with Crippen molar-refractivity contribution in [2.24, 2.45) is 0 Å². The van der Waals surface area contributed by atoms with Crippen LogP contribution in [-0.4, -0.2) is 9.97 Å². The Balaban J connectivity index is 1.84. The van der Waals surface area contributed by atoms with Gasteiger partial charge in [-0.25, -0.2) is 0 Å². The van der Waals surface area contributed by atoms with E-state index in [0.29, 0.717) is 0 Å². The monoisotopic (exact) mass is 325 g/mol. The largest absolute Gasteiger partial charge is 0.327 e. The first-order valence-electron chi connectivity index (χ1n) is 8.40. The van der Waals surface area contributed by atoms with E-state index in [4.69, 9.17) is 0 Å². The van der Waals surface area contributed by atoms with Gasteiger partial charge in [-0.15, -0.1) is 0 Å². The summed E-state index contributed by atoms with van der Waals surface area (Å²) in [6.45, 7) is 2.10. The smallest absolute Gasteiger partial charge is 0.0949 e. The minimum absolute atomic E-state index is 0.0333. The number of aromatic nitrogens is 2. The first kappa shape index (κ1) is 15.3. The average molecular weight is 325 g/mol. The van der Waals surface area contributed by atoms with Gasteiger partial charge in [0, 0.05) is 18.1 Å². The Morgan fingerprint density at radius 3 is 2.28 bits per heavy atom. The van der Waals surface area contributed by atoms with E-state index in [1.807, 2.05) is 42.7 Å². The third-order valence-corrected chi connectivity index (χ3v) is 4.32. The van der Waals surface area contributed by atoms with Gasteiger partial charge in [-0.3, -0.25) is 9.97 Å². The van der Waals surface area contributed by atoms with Crippen molar-refractivity contribution in [3.05, 3.63) is 108 Å². The maximum atomic E-state index is 4.58. The molecule has 1 atom stereocenters. The molecule has 3 aromatic rings. The van der Waals surface area contributed by atoms with Crippen LogP contribution in [0, 0.1) is 6.92 Å². The van der Waals surface area contributed by atoms with Crippen LogP contribution in [0.25, 0.3) is 5.70 Å². The summed E-state index contributed by atoms with van der Waals surface area (Å²) >= 11 is 0. The predicted molar refractivity (Wildman–Crippen MR) is 102 cm³/mol. The molecule has 1 aliphatic rings. The van der Waals surface area contributed by atoms with Crippen molar-refractivity contribution >= 4 is 11.4 Å². The minimum atomic E-state index is 0.0333. The molecular formula is C22H19N3. The Kier molecular flexibility index (Phi) is 4.13. The molecule has 0 saturated carbocycles. The molecule has 3 heterocycles. The van der Waals surface area contributed by atoms with Crippen molar-refractivity contribution in [2.75, 3.05) is 4.90 Å². The van der Waals surface area contributed by atoms with Gasteiger partial charge in [-0.1, -0.05) is 42.0 Å². The van der Waals surface area contributed by atoms with Crippen LogP contribution in [0.2, 0.25) is 0 Å². The quantitative estimate of drug-likeness (QED) is 0.683. The molecule has 3 heteroatoms. The topological polar surface area (TPSA) is 29.0 Å². The lowest BCUT2D eigenvalue weighted by molar-refractivity contribution is 0.810. The molecule has 1 aromatic carbocycles. The van der Waals surface area contributed by atoms with Crippen molar-refractivity contribution < 1.29 is 0 Å². The summed E-state index contributed by atoms with van der Waals surface area (Å²) in [4.78, 5) is 11.4. The molecule has 25 heavy (non-hydrogen) atoms. The Labute approximate surface area is 148 Å². The third kappa shape index (κ3) is 3.09. The molecule has 4 rings (SSSR count). The Morgan fingerprint density at radius 1 is 0.840 bits per heavy atom. The van der Waals surface area contributed by atoms with Crippen molar-refractivity contribution in [1.29, 1.82) is 0 Å². The number of anilines is 1. The first-order chi connectivity index (χ1) is 12.3. The molecule has 0 bridgehead atoms. The number of hydrogen-bond donors (Lipinski definition) is 0. The van der Waals surface area contributed by atoms with Gasteiger partial charge in [0.15, 0.2) is 0 Å². The van der Waals surface area contributed by atoms with Gasteiger partial charge in [0.1, 0.15) is 0 Å². The van der Waals surface area contributed by atoms with E-state index in [1.54, 1.807) is 0 Å². The summed E-state index contributed by atoms with van der Waals surface area (Å²) < 4.78 is 0. The molecule has 0 radical (unpaired) electrons. The highest BCUT2D eigenvalue weighted by Gasteiger charge is 2.26. The number of nitrogens with zero attached hydrogens (tertiary/aromatic N) is 3. The van der Waals surface area contributed by atoms with Crippen molar-refractivity contribution in [2.45, 2.75) is 13.0 Å². The molecule has 1 unspecified atom stereocenters. The minimum Gasteiger partial charge on any atom is -0.327 e. The number of pyridine rings is 2. The molecule has 0 amide bonds. The first-order valence-corrected chi connectivity index (χ1v) is 8.40. The summed E-state index contributed by atoms with van der Waals surface area (Å²) in [5.74, 6) is 0. The van der Waals surface area contributed by atoms with Crippen molar-refractivity contribution in [3.63, 3.8) is 0 Å². The van der Waals surface area contributed by atoms with Crippen LogP contribution >= 0.6 is 0 Å². The fourth-order valence-corrected chi connectivity index (χ4v) is 3.08. The van der Waals surface area contributed by atoms with Gasteiger partial charge < -0.3 is 4.90 Å². The number of aryl methyl sites for hydroxylation is 1. The van der Waals surface area contributed by atoms with Gasteiger partial charge in [0.25, 0.3) is 0 Å². The van der Waals surface area contributed by atoms with Crippen molar-refractivity contribution in [1.82, 2.24) is 9.97 Å². The Hall–Kier alpha value is -3.20. The van der Waals surface area contributed by atoms with Gasteiger partial charge in [0.05, 0.1) is 23.1 Å². The Morgan fingerprint density at radius 2 is 1.60 bits per heavy atom. The number of allylic oxidation sites excluding steroid dienone is 2. The molecule has 2 aromatic heterocycles. The fourth-order valence-electron chi connectivity index (χ4n) is 3.08. The lowest BCUT2D eigenvalue weighted by Gasteiger charge is -2.35. The predicted octanol–water partition coefficient (Wildman–Crippen LogP) is 4.94. The summed E-state index contributed by atoms with van der Waals surface area (Å²) in [6, 6.07) is 20.7. The van der Waals surface area contributed by atoms with Gasteiger partial charge in [-0.2, -0.15) is 0 Å². The summed E-state index contributed by atoms with van der Waals surface area (Å²) in [5, 5.41) is 0. The second-order valence-electron chi connectivity index (χ2n) is 6.06. The maximum Gasteiger partial charge on any atom is 0.0949 e. The highest BCUT2D eigenvalue weighted by molar-refractivity contribution is 5.81. The number of rotatable bonds is 3. The molecule has 0 N–H and O–H groups in total. The van der Waals surface area contributed by atoms with Gasteiger partial charge >= 0.3 is 0 Å². The van der Waals surface area contributed by atoms with Crippen molar-refractivity contribution in [3.8, 4) is 0 Å². The molecule has 0 aliphatic carbocycles. The van der Waals surface area contributed by atoms with E-state index in [2.05, 4.69) is 70.4 Å². The summed E-state index contributed by atoms with van der Waals surface area (Å²) in [6.07, 6.45) is 10.1. The third-order valence-electron chi connectivity index (χ3n) is 4.32. The molecule has 3 nitrogen and oxygen atoms in total. The molecule has 1 aliphatic heterocycles. The van der Waals surface area contributed by atoms with Crippen LogP contribution in [0.15, 0.2) is 91.3 Å². The molecular weight excluding hydrogens is 306 g/mol. The lowest BCUT2D eigenvalue weighted by Crippen LogP contribution is -2.28. The van der Waals surface area contributed by atoms with E-state index >= 15 is 0 Å².